The first-order valence-corrected chi connectivity index (χ1v) is 6.87. The van der Waals surface area contributed by atoms with Crippen LogP contribution in [0.4, 0.5) is 5.69 Å². The van der Waals surface area contributed by atoms with Crippen LogP contribution in [0, 0.1) is 6.92 Å². The fourth-order valence-electron chi connectivity index (χ4n) is 2.65. The summed E-state index contributed by atoms with van der Waals surface area (Å²) in [6.07, 6.45) is 0.841. The summed E-state index contributed by atoms with van der Waals surface area (Å²) in [5.74, 6) is 0.227. The number of hydrogen-bond acceptors (Lipinski definition) is 3. The van der Waals surface area contributed by atoms with Crippen LogP contribution < -0.4 is 10.2 Å². The van der Waals surface area contributed by atoms with Crippen molar-refractivity contribution in [3.63, 3.8) is 0 Å². The number of hydrogen-bond donors (Lipinski definition) is 1. The third-order valence-corrected chi connectivity index (χ3v) is 3.81. The number of anilines is 1. The molecule has 4 heteroatoms. The Morgan fingerprint density at radius 3 is 2.74 bits per heavy atom. The molecule has 1 aromatic rings. The Morgan fingerprint density at radius 2 is 2.05 bits per heavy atom. The number of piperazine rings is 1. The fraction of sp³-hybridized carbons (Fsp3) is 0.533. The highest BCUT2D eigenvalue weighted by Gasteiger charge is 2.33. The second kappa shape index (κ2) is 6.06. The molecule has 1 fully saturated rings. The van der Waals surface area contributed by atoms with Crippen molar-refractivity contribution in [1.82, 2.24) is 10.2 Å². The van der Waals surface area contributed by atoms with Gasteiger partial charge in [-0.25, -0.2) is 0 Å². The molecule has 4 nitrogen and oxygen atoms in total. The molecule has 0 aromatic heterocycles. The number of rotatable bonds is 4. The van der Waals surface area contributed by atoms with Crippen molar-refractivity contribution in [2.45, 2.75) is 19.4 Å². The first-order chi connectivity index (χ1) is 9.15. The van der Waals surface area contributed by atoms with Gasteiger partial charge in [0.2, 0.25) is 5.91 Å². The van der Waals surface area contributed by atoms with Gasteiger partial charge in [-0.3, -0.25) is 4.79 Å². The van der Waals surface area contributed by atoms with Crippen molar-refractivity contribution in [3.8, 4) is 0 Å². The maximum Gasteiger partial charge on any atom is 0.245 e. The van der Waals surface area contributed by atoms with Crippen molar-refractivity contribution >= 4 is 11.6 Å². The van der Waals surface area contributed by atoms with Gasteiger partial charge < -0.3 is 15.1 Å². The molecule has 104 valence electrons. The number of likely N-dealkylation sites (N-methyl/N-ethyl adjacent to an activating group) is 1. The minimum atomic E-state index is -0.0488. The van der Waals surface area contributed by atoms with Crippen LogP contribution in [-0.2, 0) is 4.79 Å². The smallest absolute Gasteiger partial charge is 0.245 e. The monoisotopic (exact) mass is 261 g/mol. The molecule has 0 saturated carbocycles. The zero-order chi connectivity index (χ0) is 13.8. The average Bonchev–Trinajstić information content (AvgIpc) is 2.41. The molecule has 0 bridgehead atoms. The molecule has 1 atom stereocenters. The molecule has 1 heterocycles. The van der Waals surface area contributed by atoms with Crippen LogP contribution in [0.1, 0.15) is 12.0 Å². The molecule has 0 spiro atoms. The topological polar surface area (TPSA) is 35.6 Å². The molecule has 1 aliphatic rings. The van der Waals surface area contributed by atoms with E-state index >= 15 is 0 Å². The Kier molecular flexibility index (Phi) is 4.43. The number of carbonyl (C=O) groups excluding carboxylic acids is 1. The molecule has 1 unspecified atom stereocenters. The highest BCUT2D eigenvalue weighted by molar-refractivity contribution is 5.86. The van der Waals surface area contributed by atoms with Gasteiger partial charge in [-0.1, -0.05) is 18.2 Å². The first-order valence-electron chi connectivity index (χ1n) is 6.87. The third kappa shape index (κ3) is 2.89. The van der Waals surface area contributed by atoms with Crippen LogP contribution in [0.3, 0.4) is 0 Å². The zero-order valence-electron chi connectivity index (χ0n) is 12.0. The highest BCUT2D eigenvalue weighted by atomic mass is 16.2. The number of amides is 1. The maximum atomic E-state index is 12.4. The van der Waals surface area contributed by atoms with E-state index in [1.54, 1.807) is 0 Å². The van der Waals surface area contributed by atoms with E-state index in [1.807, 2.05) is 31.1 Å². The number of aryl methyl sites for hydroxylation is 1. The summed E-state index contributed by atoms with van der Waals surface area (Å²) in [4.78, 5) is 16.5. The van der Waals surface area contributed by atoms with Gasteiger partial charge in [-0.15, -0.1) is 0 Å². The van der Waals surface area contributed by atoms with E-state index in [2.05, 4.69) is 29.3 Å². The second-order valence-electron chi connectivity index (χ2n) is 5.15. The van der Waals surface area contributed by atoms with Gasteiger partial charge >= 0.3 is 0 Å². The lowest BCUT2D eigenvalue weighted by atomic mass is 10.0. The molecule has 0 aliphatic carbocycles. The lowest BCUT2D eigenvalue weighted by Crippen LogP contribution is -2.56. The molecule has 0 radical (unpaired) electrons. The first kappa shape index (κ1) is 13.9. The largest absolute Gasteiger partial charge is 0.357 e. The Morgan fingerprint density at radius 1 is 1.32 bits per heavy atom. The van der Waals surface area contributed by atoms with Crippen molar-refractivity contribution in [2.75, 3.05) is 38.6 Å². The van der Waals surface area contributed by atoms with E-state index in [0.717, 1.165) is 26.1 Å². The normalized spacial score (nSPS) is 19.9. The Labute approximate surface area is 115 Å². The lowest BCUT2D eigenvalue weighted by Gasteiger charge is -2.41. The van der Waals surface area contributed by atoms with Crippen molar-refractivity contribution in [2.24, 2.45) is 0 Å². The quantitative estimate of drug-likeness (QED) is 0.886. The maximum absolute atomic E-state index is 12.4. The van der Waals surface area contributed by atoms with E-state index in [4.69, 9.17) is 0 Å². The minimum Gasteiger partial charge on any atom is -0.357 e. The predicted octanol–water partition coefficient (Wildman–Crippen LogP) is 1.25. The molecular weight excluding hydrogens is 238 g/mol. The van der Waals surface area contributed by atoms with Crippen LogP contribution in [-0.4, -0.2) is 50.6 Å². The summed E-state index contributed by atoms with van der Waals surface area (Å²) in [7, 11) is 3.82. The minimum absolute atomic E-state index is 0.0488. The zero-order valence-corrected chi connectivity index (χ0v) is 12.0. The van der Waals surface area contributed by atoms with Crippen LogP contribution >= 0.6 is 0 Å². The highest BCUT2D eigenvalue weighted by Crippen LogP contribution is 2.25. The predicted molar refractivity (Wildman–Crippen MR) is 78.5 cm³/mol. The summed E-state index contributed by atoms with van der Waals surface area (Å²) in [6, 6.07) is 8.25. The number of nitrogens with zero attached hydrogens (tertiary/aromatic N) is 2. The van der Waals surface area contributed by atoms with Gasteiger partial charge in [0.25, 0.3) is 0 Å². The summed E-state index contributed by atoms with van der Waals surface area (Å²) in [5.41, 5.74) is 2.42. The molecule has 1 aromatic carbocycles. The Bertz CT molecular complexity index is 447. The molecule has 2 rings (SSSR count). The van der Waals surface area contributed by atoms with Gasteiger partial charge in [-0.05, 0) is 38.6 Å². The number of para-hydroxylation sites is 1. The summed E-state index contributed by atoms with van der Waals surface area (Å²) < 4.78 is 0. The van der Waals surface area contributed by atoms with E-state index < -0.39 is 0 Å². The standard InChI is InChI=1S/C15H23N3O/c1-12-6-4-5-7-13(12)18-11-10-17(3)15(19)14(18)8-9-16-2/h4-7,14,16H,8-11H2,1-3H3. The molecular formula is C15H23N3O. The third-order valence-electron chi connectivity index (χ3n) is 3.81. The molecule has 19 heavy (non-hydrogen) atoms. The van der Waals surface area contributed by atoms with Gasteiger partial charge in [-0.2, -0.15) is 0 Å². The van der Waals surface area contributed by atoms with E-state index in [1.165, 1.54) is 11.3 Å². The second-order valence-corrected chi connectivity index (χ2v) is 5.15. The van der Waals surface area contributed by atoms with Gasteiger partial charge in [0.15, 0.2) is 0 Å². The van der Waals surface area contributed by atoms with Crippen LogP contribution in [0.25, 0.3) is 0 Å². The van der Waals surface area contributed by atoms with E-state index in [0.29, 0.717) is 0 Å². The Hall–Kier alpha value is -1.55. The molecule has 1 N–H and O–H groups in total. The van der Waals surface area contributed by atoms with E-state index in [-0.39, 0.29) is 11.9 Å². The summed E-state index contributed by atoms with van der Waals surface area (Å²) in [6.45, 7) is 4.66. The van der Waals surface area contributed by atoms with Crippen LogP contribution in [0.2, 0.25) is 0 Å². The van der Waals surface area contributed by atoms with Gasteiger partial charge in [0, 0.05) is 25.8 Å². The number of benzene rings is 1. The summed E-state index contributed by atoms with van der Waals surface area (Å²) >= 11 is 0. The van der Waals surface area contributed by atoms with Crippen molar-refractivity contribution in [3.05, 3.63) is 29.8 Å². The lowest BCUT2D eigenvalue weighted by molar-refractivity contribution is -0.133. The van der Waals surface area contributed by atoms with Crippen LogP contribution in [0.15, 0.2) is 24.3 Å². The van der Waals surface area contributed by atoms with Crippen LogP contribution in [0.5, 0.6) is 0 Å². The molecule has 1 amide bonds. The van der Waals surface area contributed by atoms with E-state index in [9.17, 15) is 4.79 Å². The SMILES string of the molecule is CNCCC1C(=O)N(C)CCN1c1ccccc1C. The van der Waals surface area contributed by atoms with Crippen molar-refractivity contribution < 1.29 is 4.79 Å². The number of nitrogens with one attached hydrogen (secondary N) is 1. The van der Waals surface area contributed by atoms with Crippen molar-refractivity contribution in [1.29, 1.82) is 0 Å². The van der Waals surface area contributed by atoms with Gasteiger partial charge in [0.05, 0.1) is 0 Å². The molecule has 1 saturated heterocycles. The molecule has 1 aliphatic heterocycles. The summed E-state index contributed by atoms with van der Waals surface area (Å²) in [5, 5.41) is 3.14. The van der Waals surface area contributed by atoms with Gasteiger partial charge in [0.1, 0.15) is 6.04 Å². The number of carbonyl (C=O) groups is 1. The fourth-order valence-corrected chi connectivity index (χ4v) is 2.65. The average molecular weight is 261 g/mol. The Balaban J connectivity index is 2.26.